The fourth-order valence-corrected chi connectivity index (χ4v) is 3.84. The maximum absolute atomic E-state index is 4.90. The zero-order valence-electron chi connectivity index (χ0n) is 16.4. The van der Waals surface area contributed by atoms with E-state index in [9.17, 15) is 0 Å². The number of rotatable bonds is 7. The summed E-state index contributed by atoms with van der Waals surface area (Å²) in [6.07, 6.45) is 15.7. The summed E-state index contributed by atoms with van der Waals surface area (Å²) >= 11 is 0. The molecule has 0 atom stereocenters. The average Bonchev–Trinajstić information content (AvgIpc) is 3.41. The predicted molar refractivity (Wildman–Crippen MR) is 113 cm³/mol. The minimum absolute atomic E-state index is 0.504. The van der Waals surface area contributed by atoms with Crippen molar-refractivity contribution < 1.29 is 0 Å². The highest BCUT2D eigenvalue weighted by molar-refractivity contribution is 5.64. The summed E-state index contributed by atoms with van der Waals surface area (Å²) in [6, 6.07) is 6.21. The van der Waals surface area contributed by atoms with Crippen molar-refractivity contribution in [2.75, 3.05) is 10.6 Å². The van der Waals surface area contributed by atoms with Crippen LogP contribution in [0.3, 0.4) is 0 Å². The summed E-state index contributed by atoms with van der Waals surface area (Å²) in [5.41, 5.74) is 3.83. The van der Waals surface area contributed by atoms with Crippen molar-refractivity contribution in [2.24, 2.45) is 5.92 Å². The van der Waals surface area contributed by atoms with Gasteiger partial charge in [0, 0.05) is 42.1 Å². The van der Waals surface area contributed by atoms with Gasteiger partial charge in [0.25, 0.3) is 0 Å². The maximum Gasteiger partial charge on any atom is 0.227 e. The second-order valence-corrected chi connectivity index (χ2v) is 7.95. The van der Waals surface area contributed by atoms with Crippen LogP contribution in [-0.2, 0) is 6.42 Å². The van der Waals surface area contributed by atoms with E-state index in [0.717, 1.165) is 40.9 Å². The van der Waals surface area contributed by atoms with E-state index in [1.807, 2.05) is 24.4 Å². The zero-order valence-corrected chi connectivity index (χ0v) is 16.4. The van der Waals surface area contributed by atoms with Crippen LogP contribution >= 0.6 is 0 Å². The summed E-state index contributed by atoms with van der Waals surface area (Å²) in [5.74, 6) is 2.04. The second-order valence-electron chi connectivity index (χ2n) is 7.95. The topological polar surface area (TPSA) is 88.5 Å². The standard InChI is InChI=1S/C22H25N7/c1-2-4-16(3-1)26-22-25-14-18(20(29-22)13-15-5-6-15)19-9-12-24-21(28-19)27-17-7-10-23-11-8-17/h7-12,14-16H,1-6,13H2,(H,25,26,29)(H,23,24,27,28). The van der Waals surface area contributed by atoms with Crippen molar-refractivity contribution in [3.8, 4) is 11.3 Å². The molecule has 0 unspecified atom stereocenters. The molecule has 0 bridgehead atoms. The van der Waals surface area contributed by atoms with Crippen molar-refractivity contribution >= 4 is 17.6 Å². The molecule has 3 heterocycles. The highest BCUT2D eigenvalue weighted by Crippen LogP contribution is 2.35. The van der Waals surface area contributed by atoms with Crippen LogP contribution in [0.1, 0.15) is 44.2 Å². The molecule has 7 nitrogen and oxygen atoms in total. The molecule has 5 rings (SSSR count). The Morgan fingerprint density at radius 1 is 0.862 bits per heavy atom. The zero-order chi connectivity index (χ0) is 19.5. The first-order valence-electron chi connectivity index (χ1n) is 10.5. The van der Waals surface area contributed by atoms with Gasteiger partial charge in [0.15, 0.2) is 0 Å². The summed E-state index contributed by atoms with van der Waals surface area (Å²) in [7, 11) is 0. The highest BCUT2D eigenvalue weighted by Gasteiger charge is 2.25. The van der Waals surface area contributed by atoms with E-state index in [0.29, 0.717) is 12.0 Å². The molecule has 2 N–H and O–H groups in total. The lowest BCUT2D eigenvalue weighted by Gasteiger charge is -2.15. The van der Waals surface area contributed by atoms with E-state index in [1.54, 1.807) is 18.6 Å². The fraction of sp³-hybridized carbons (Fsp3) is 0.409. The van der Waals surface area contributed by atoms with Crippen molar-refractivity contribution in [3.63, 3.8) is 0 Å². The van der Waals surface area contributed by atoms with Crippen LogP contribution in [-0.4, -0.2) is 31.0 Å². The van der Waals surface area contributed by atoms with E-state index >= 15 is 0 Å². The molecular formula is C22H25N7. The molecule has 148 valence electrons. The summed E-state index contributed by atoms with van der Waals surface area (Å²) in [6.45, 7) is 0. The quantitative estimate of drug-likeness (QED) is 0.622. The van der Waals surface area contributed by atoms with Crippen molar-refractivity contribution in [2.45, 2.75) is 51.0 Å². The first kappa shape index (κ1) is 18.0. The van der Waals surface area contributed by atoms with Gasteiger partial charge in [0.05, 0.1) is 11.4 Å². The molecule has 0 radical (unpaired) electrons. The highest BCUT2D eigenvalue weighted by atomic mass is 15.1. The summed E-state index contributed by atoms with van der Waals surface area (Å²) < 4.78 is 0. The van der Waals surface area contributed by atoms with Gasteiger partial charge >= 0.3 is 0 Å². The van der Waals surface area contributed by atoms with Gasteiger partial charge in [-0.15, -0.1) is 0 Å². The van der Waals surface area contributed by atoms with Gasteiger partial charge < -0.3 is 10.6 Å². The second kappa shape index (κ2) is 8.11. The molecule has 3 aromatic rings. The van der Waals surface area contributed by atoms with Crippen LogP contribution in [0, 0.1) is 5.92 Å². The van der Waals surface area contributed by atoms with Gasteiger partial charge in [-0.2, -0.15) is 0 Å². The van der Waals surface area contributed by atoms with Crippen LogP contribution in [0.25, 0.3) is 11.3 Å². The lowest BCUT2D eigenvalue weighted by Crippen LogP contribution is -2.17. The predicted octanol–water partition coefficient (Wildman–Crippen LogP) is 4.38. The van der Waals surface area contributed by atoms with Gasteiger partial charge in [-0.3, -0.25) is 4.98 Å². The molecule has 29 heavy (non-hydrogen) atoms. The largest absolute Gasteiger partial charge is 0.351 e. The van der Waals surface area contributed by atoms with E-state index in [-0.39, 0.29) is 0 Å². The van der Waals surface area contributed by atoms with Crippen LogP contribution in [0.15, 0.2) is 43.0 Å². The Hall–Kier alpha value is -3.09. The SMILES string of the molecule is c1cc(Nc2nccc(-c3cnc(NC4CCCC4)nc3CC3CC3)n2)ccn1. The van der Waals surface area contributed by atoms with Crippen LogP contribution in [0.4, 0.5) is 17.6 Å². The van der Waals surface area contributed by atoms with Gasteiger partial charge in [-0.25, -0.2) is 19.9 Å². The minimum atomic E-state index is 0.504. The molecule has 2 aliphatic rings. The van der Waals surface area contributed by atoms with Gasteiger partial charge in [0.1, 0.15) is 0 Å². The van der Waals surface area contributed by atoms with Crippen LogP contribution in [0.5, 0.6) is 0 Å². The Labute approximate surface area is 170 Å². The van der Waals surface area contributed by atoms with Gasteiger partial charge in [-0.1, -0.05) is 12.8 Å². The molecule has 7 heteroatoms. The number of aromatic nitrogens is 5. The monoisotopic (exact) mass is 387 g/mol. The maximum atomic E-state index is 4.90. The fourth-order valence-electron chi connectivity index (χ4n) is 3.84. The van der Waals surface area contributed by atoms with Crippen molar-refractivity contribution in [1.82, 2.24) is 24.9 Å². The lowest BCUT2D eigenvalue weighted by molar-refractivity contribution is 0.737. The Balaban J connectivity index is 1.42. The first-order chi connectivity index (χ1) is 14.3. The lowest BCUT2D eigenvalue weighted by atomic mass is 10.1. The third-order valence-corrected chi connectivity index (χ3v) is 5.60. The van der Waals surface area contributed by atoms with Crippen LogP contribution in [0.2, 0.25) is 0 Å². The molecule has 2 aliphatic carbocycles. The Kier molecular flexibility index (Phi) is 5.02. The minimum Gasteiger partial charge on any atom is -0.351 e. The number of pyridine rings is 1. The van der Waals surface area contributed by atoms with Gasteiger partial charge in [-0.05, 0) is 56.2 Å². The molecule has 2 saturated carbocycles. The van der Waals surface area contributed by atoms with E-state index < -0.39 is 0 Å². The molecule has 3 aromatic heterocycles. The van der Waals surface area contributed by atoms with E-state index in [1.165, 1.54) is 38.5 Å². The molecule has 0 spiro atoms. The Morgan fingerprint density at radius 3 is 2.48 bits per heavy atom. The molecular weight excluding hydrogens is 362 g/mol. The van der Waals surface area contributed by atoms with E-state index in [2.05, 4.69) is 25.6 Å². The van der Waals surface area contributed by atoms with Crippen molar-refractivity contribution in [1.29, 1.82) is 0 Å². The summed E-state index contributed by atoms with van der Waals surface area (Å²) in [4.78, 5) is 22.6. The molecule has 0 aromatic carbocycles. The van der Waals surface area contributed by atoms with Crippen LogP contribution < -0.4 is 10.6 Å². The number of nitrogens with zero attached hydrogens (tertiary/aromatic N) is 5. The Bertz CT molecular complexity index is 966. The molecule has 0 saturated heterocycles. The molecule has 0 aliphatic heterocycles. The average molecular weight is 387 g/mol. The molecule has 2 fully saturated rings. The number of hydrogen-bond acceptors (Lipinski definition) is 7. The number of hydrogen-bond donors (Lipinski definition) is 2. The summed E-state index contributed by atoms with van der Waals surface area (Å²) in [5, 5.41) is 6.76. The Morgan fingerprint density at radius 2 is 1.69 bits per heavy atom. The smallest absolute Gasteiger partial charge is 0.227 e. The normalized spacial score (nSPS) is 16.7. The number of nitrogens with one attached hydrogen (secondary N) is 2. The van der Waals surface area contributed by atoms with Crippen molar-refractivity contribution in [3.05, 3.63) is 48.7 Å². The van der Waals surface area contributed by atoms with Gasteiger partial charge in [0.2, 0.25) is 11.9 Å². The third kappa shape index (κ3) is 4.50. The third-order valence-electron chi connectivity index (χ3n) is 5.60. The number of anilines is 3. The molecule has 0 amide bonds. The van der Waals surface area contributed by atoms with E-state index in [4.69, 9.17) is 9.97 Å². The first-order valence-corrected chi connectivity index (χ1v) is 10.5.